The minimum Gasteiger partial charge on any atom is -0.454 e. The standard InChI is InChI=1S/C23H20N2O4/c1-2-15-5-3-4-6-19(15)25-23(27)17-9-7-16(8-10-17)22(26)24-18-11-12-20-21(13-18)29-14-28-20/h3-13H,2,14H2,1H3,(H,24,26)(H,25,27). The van der Waals surface area contributed by atoms with Gasteiger partial charge < -0.3 is 20.1 Å². The van der Waals surface area contributed by atoms with Crippen LogP contribution >= 0.6 is 0 Å². The third-order valence-electron chi connectivity index (χ3n) is 4.69. The second-order valence-electron chi connectivity index (χ2n) is 6.56. The van der Waals surface area contributed by atoms with Crippen LogP contribution in [0.4, 0.5) is 11.4 Å². The Morgan fingerprint density at radius 3 is 2.21 bits per heavy atom. The lowest BCUT2D eigenvalue weighted by Gasteiger charge is -2.10. The molecule has 0 saturated carbocycles. The van der Waals surface area contributed by atoms with Gasteiger partial charge in [-0.2, -0.15) is 0 Å². The van der Waals surface area contributed by atoms with Gasteiger partial charge in [-0.3, -0.25) is 9.59 Å². The minimum absolute atomic E-state index is 0.180. The topological polar surface area (TPSA) is 76.7 Å². The quantitative estimate of drug-likeness (QED) is 0.676. The fourth-order valence-electron chi connectivity index (χ4n) is 3.10. The van der Waals surface area contributed by atoms with Gasteiger partial charge >= 0.3 is 0 Å². The summed E-state index contributed by atoms with van der Waals surface area (Å²) in [5.41, 5.74) is 3.41. The van der Waals surface area contributed by atoms with Gasteiger partial charge in [0.05, 0.1) is 0 Å². The number of hydrogen-bond donors (Lipinski definition) is 2. The molecular weight excluding hydrogens is 368 g/mol. The number of ether oxygens (including phenoxy) is 2. The van der Waals surface area contributed by atoms with Crippen LogP contribution in [0.5, 0.6) is 11.5 Å². The normalized spacial score (nSPS) is 11.8. The molecule has 0 unspecified atom stereocenters. The Hall–Kier alpha value is -3.80. The van der Waals surface area contributed by atoms with E-state index in [1.165, 1.54) is 0 Å². The Morgan fingerprint density at radius 1 is 0.828 bits per heavy atom. The van der Waals surface area contributed by atoms with Crippen LogP contribution < -0.4 is 20.1 Å². The van der Waals surface area contributed by atoms with Crippen LogP contribution in [0.1, 0.15) is 33.2 Å². The third-order valence-corrected chi connectivity index (χ3v) is 4.69. The lowest BCUT2D eigenvalue weighted by Crippen LogP contribution is -2.15. The summed E-state index contributed by atoms with van der Waals surface area (Å²) in [5.74, 6) is 0.769. The zero-order valence-corrected chi connectivity index (χ0v) is 15.9. The summed E-state index contributed by atoms with van der Waals surface area (Å²) in [6.07, 6.45) is 0.829. The van der Waals surface area contributed by atoms with Gasteiger partial charge in [0.2, 0.25) is 6.79 Å². The van der Waals surface area contributed by atoms with Gasteiger partial charge in [0.25, 0.3) is 11.8 Å². The number of carbonyl (C=O) groups excluding carboxylic acids is 2. The van der Waals surface area contributed by atoms with E-state index in [9.17, 15) is 9.59 Å². The molecule has 1 aliphatic rings. The van der Waals surface area contributed by atoms with E-state index in [4.69, 9.17) is 9.47 Å². The van der Waals surface area contributed by atoms with Crippen molar-refractivity contribution in [2.24, 2.45) is 0 Å². The van der Waals surface area contributed by atoms with Crippen molar-refractivity contribution < 1.29 is 19.1 Å². The molecule has 2 N–H and O–H groups in total. The van der Waals surface area contributed by atoms with Crippen molar-refractivity contribution in [3.8, 4) is 11.5 Å². The Bertz CT molecular complexity index is 1060. The Morgan fingerprint density at radius 2 is 1.48 bits per heavy atom. The second-order valence-corrected chi connectivity index (χ2v) is 6.56. The van der Waals surface area contributed by atoms with E-state index in [1.807, 2.05) is 31.2 Å². The van der Waals surface area contributed by atoms with Crippen LogP contribution in [0, 0.1) is 0 Å². The number of benzene rings is 3. The average molecular weight is 388 g/mol. The maximum Gasteiger partial charge on any atom is 0.255 e. The summed E-state index contributed by atoms with van der Waals surface area (Å²) >= 11 is 0. The number of para-hydroxylation sites is 1. The first-order chi connectivity index (χ1) is 14.1. The van der Waals surface area contributed by atoms with Gasteiger partial charge in [-0.25, -0.2) is 0 Å². The summed E-state index contributed by atoms with van der Waals surface area (Å²) in [7, 11) is 0. The molecular formula is C23H20N2O4. The summed E-state index contributed by atoms with van der Waals surface area (Å²) in [5, 5.41) is 5.74. The molecule has 0 aliphatic carbocycles. The summed E-state index contributed by atoms with van der Waals surface area (Å²) in [6.45, 7) is 2.22. The van der Waals surface area contributed by atoms with E-state index in [1.54, 1.807) is 42.5 Å². The van der Waals surface area contributed by atoms with Crippen molar-refractivity contribution in [1.29, 1.82) is 0 Å². The van der Waals surface area contributed by atoms with Crippen molar-refractivity contribution >= 4 is 23.2 Å². The van der Waals surface area contributed by atoms with Crippen molar-refractivity contribution in [3.63, 3.8) is 0 Å². The molecule has 3 aromatic carbocycles. The Labute approximate surface area is 168 Å². The van der Waals surface area contributed by atoms with E-state index in [2.05, 4.69) is 10.6 Å². The number of amides is 2. The second kappa shape index (κ2) is 8.06. The molecule has 4 rings (SSSR count). The highest BCUT2D eigenvalue weighted by Gasteiger charge is 2.15. The van der Waals surface area contributed by atoms with Gasteiger partial charge in [-0.15, -0.1) is 0 Å². The van der Waals surface area contributed by atoms with Crippen LogP contribution in [0.15, 0.2) is 66.7 Å². The fourth-order valence-corrected chi connectivity index (χ4v) is 3.10. The van der Waals surface area contributed by atoms with Crippen LogP contribution in [-0.2, 0) is 6.42 Å². The van der Waals surface area contributed by atoms with Gasteiger partial charge in [0, 0.05) is 28.6 Å². The van der Waals surface area contributed by atoms with E-state index in [0.29, 0.717) is 28.3 Å². The molecule has 0 radical (unpaired) electrons. The van der Waals surface area contributed by atoms with Crippen LogP contribution in [0.25, 0.3) is 0 Å². The van der Waals surface area contributed by atoms with Gasteiger partial charge in [-0.1, -0.05) is 25.1 Å². The highest BCUT2D eigenvalue weighted by atomic mass is 16.7. The van der Waals surface area contributed by atoms with Crippen molar-refractivity contribution in [1.82, 2.24) is 0 Å². The SMILES string of the molecule is CCc1ccccc1NC(=O)c1ccc(C(=O)Nc2ccc3c(c2)OCO3)cc1. The summed E-state index contributed by atoms with van der Waals surface area (Å²) < 4.78 is 10.6. The minimum atomic E-state index is -0.271. The van der Waals surface area contributed by atoms with E-state index >= 15 is 0 Å². The molecule has 0 spiro atoms. The number of rotatable bonds is 5. The third kappa shape index (κ3) is 4.06. The van der Waals surface area contributed by atoms with Crippen LogP contribution in [-0.4, -0.2) is 18.6 Å². The monoisotopic (exact) mass is 388 g/mol. The zero-order valence-electron chi connectivity index (χ0n) is 15.9. The van der Waals surface area contributed by atoms with Gasteiger partial charge in [0.1, 0.15) is 0 Å². The largest absolute Gasteiger partial charge is 0.454 e. The molecule has 3 aromatic rings. The van der Waals surface area contributed by atoms with E-state index in [-0.39, 0.29) is 18.6 Å². The lowest BCUT2D eigenvalue weighted by molar-refractivity contribution is 0.101. The fraction of sp³-hybridized carbons (Fsp3) is 0.130. The molecule has 0 aromatic heterocycles. The first-order valence-electron chi connectivity index (χ1n) is 9.34. The molecule has 0 bridgehead atoms. The number of anilines is 2. The maximum atomic E-state index is 12.5. The number of fused-ring (bicyclic) bond motifs is 1. The zero-order chi connectivity index (χ0) is 20.2. The van der Waals surface area contributed by atoms with E-state index in [0.717, 1.165) is 17.7 Å². The van der Waals surface area contributed by atoms with Crippen molar-refractivity contribution in [2.45, 2.75) is 13.3 Å². The smallest absolute Gasteiger partial charge is 0.255 e. The molecule has 146 valence electrons. The Kier molecular flexibility index (Phi) is 5.16. The number of carbonyl (C=O) groups is 2. The predicted molar refractivity (Wildman–Crippen MR) is 111 cm³/mol. The molecule has 0 atom stereocenters. The molecule has 29 heavy (non-hydrogen) atoms. The molecule has 0 fully saturated rings. The molecule has 1 aliphatic heterocycles. The first-order valence-corrected chi connectivity index (χ1v) is 9.34. The van der Waals surface area contributed by atoms with E-state index < -0.39 is 0 Å². The molecule has 0 saturated heterocycles. The number of aryl methyl sites for hydroxylation is 1. The molecule has 2 amide bonds. The molecule has 6 heteroatoms. The maximum absolute atomic E-state index is 12.5. The highest BCUT2D eigenvalue weighted by molar-refractivity contribution is 6.07. The summed E-state index contributed by atoms with van der Waals surface area (Å²) in [6, 6.07) is 19.4. The highest BCUT2D eigenvalue weighted by Crippen LogP contribution is 2.34. The van der Waals surface area contributed by atoms with Crippen molar-refractivity contribution in [3.05, 3.63) is 83.4 Å². The number of hydrogen-bond acceptors (Lipinski definition) is 4. The summed E-state index contributed by atoms with van der Waals surface area (Å²) in [4.78, 5) is 25.0. The van der Waals surface area contributed by atoms with Crippen LogP contribution in [0.3, 0.4) is 0 Å². The lowest BCUT2D eigenvalue weighted by atomic mass is 10.1. The average Bonchev–Trinajstić information content (AvgIpc) is 3.22. The number of nitrogens with one attached hydrogen (secondary N) is 2. The predicted octanol–water partition coefficient (Wildman–Crippen LogP) is 4.48. The van der Waals surface area contributed by atoms with Gasteiger partial charge in [-0.05, 0) is 54.4 Å². The Balaban J connectivity index is 1.43. The van der Waals surface area contributed by atoms with Crippen molar-refractivity contribution in [2.75, 3.05) is 17.4 Å². The van der Waals surface area contributed by atoms with Gasteiger partial charge in [0.15, 0.2) is 11.5 Å². The first kappa shape index (κ1) is 18.6. The molecule has 6 nitrogen and oxygen atoms in total. The molecule has 1 heterocycles. The van der Waals surface area contributed by atoms with Crippen LogP contribution in [0.2, 0.25) is 0 Å².